The molecule has 23 nitrogen and oxygen atoms in total. The number of ether oxygens (including phenoxy) is 3. The number of rotatable bonds is 17. The highest BCUT2D eigenvalue weighted by Crippen LogP contribution is 2.40. The van der Waals surface area contributed by atoms with Crippen molar-refractivity contribution >= 4 is 56.6 Å². The highest BCUT2D eigenvalue weighted by Gasteiger charge is 2.37. The van der Waals surface area contributed by atoms with Gasteiger partial charge >= 0.3 is 12.0 Å². The molecule has 0 aliphatic carbocycles. The summed E-state index contributed by atoms with van der Waals surface area (Å²) in [5.74, 6) is 1.38. The Bertz CT molecular complexity index is 3520. The zero-order valence-electron chi connectivity index (χ0n) is 51.2. The van der Waals surface area contributed by atoms with Crippen LogP contribution in [0.2, 0.25) is 0 Å². The second-order valence-electron chi connectivity index (χ2n) is 23.8. The van der Waals surface area contributed by atoms with Crippen LogP contribution in [0.1, 0.15) is 85.8 Å². The Labute approximate surface area is 504 Å². The molecular formula is C63H82N18O5. The van der Waals surface area contributed by atoms with Crippen LogP contribution in [-0.2, 0) is 40.3 Å². The zero-order valence-corrected chi connectivity index (χ0v) is 51.2. The molecule has 4 aromatic heterocycles. The van der Waals surface area contributed by atoms with E-state index in [9.17, 15) is 20.1 Å². The number of likely N-dealkylation sites (N-methyl/N-ethyl adjacent to an activating group) is 2. The van der Waals surface area contributed by atoms with Gasteiger partial charge in [-0.2, -0.15) is 40.7 Å². The number of amides is 2. The normalized spacial score (nSPS) is 19.5. The summed E-state index contributed by atoms with van der Waals surface area (Å²) in [5.41, 5.74) is 10.8. The summed E-state index contributed by atoms with van der Waals surface area (Å²) in [6.45, 7) is 23.9. The van der Waals surface area contributed by atoms with Gasteiger partial charge in [-0.05, 0) is 123 Å². The van der Waals surface area contributed by atoms with Gasteiger partial charge in [0.05, 0.1) is 96.3 Å². The van der Waals surface area contributed by atoms with E-state index in [0.717, 1.165) is 127 Å². The second-order valence-corrected chi connectivity index (χ2v) is 23.8. The molecule has 1 N–H and O–H groups in total. The molecule has 6 aromatic rings. The van der Waals surface area contributed by atoms with Gasteiger partial charge in [0, 0.05) is 94.0 Å². The molecule has 0 radical (unpaired) electrons. The van der Waals surface area contributed by atoms with Gasteiger partial charge in [-0.15, -0.1) is 0 Å². The van der Waals surface area contributed by atoms with Crippen molar-refractivity contribution < 1.29 is 23.8 Å². The lowest BCUT2D eigenvalue weighted by atomic mass is 10.0. The zero-order chi connectivity index (χ0) is 60.8. The van der Waals surface area contributed by atoms with E-state index in [2.05, 4.69) is 103 Å². The third kappa shape index (κ3) is 13.2. The fourth-order valence-electron chi connectivity index (χ4n) is 13.0. The fraction of sp³-hybridized carbons (Fsp3) is 0.524. The Morgan fingerprint density at radius 3 is 1.72 bits per heavy atom. The lowest BCUT2D eigenvalue weighted by Gasteiger charge is -2.42. The van der Waals surface area contributed by atoms with Crippen molar-refractivity contribution in [2.75, 3.05) is 120 Å². The molecule has 0 bridgehead atoms. The molecule has 5 aliphatic heterocycles. The van der Waals surface area contributed by atoms with Crippen molar-refractivity contribution in [3.05, 3.63) is 95.6 Å². The number of anilines is 4. The lowest BCUT2D eigenvalue weighted by Crippen LogP contribution is -2.55. The van der Waals surface area contributed by atoms with Crippen LogP contribution in [-0.4, -0.2) is 196 Å². The second kappa shape index (κ2) is 26.9. The van der Waals surface area contributed by atoms with E-state index in [1.807, 2.05) is 59.1 Å². The largest absolute Gasteiger partial charge is 0.459 e. The Hall–Kier alpha value is -8.38. The number of carbonyl (C=O) groups is 2. The van der Waals surface area contributed by atoms with Crippen molar-refractivity contribution in [1.29, 1.82) is 10.5 Å². The topological polar surface area (TPSA) is 233 Å². The predicted molar refractivity (Wildman–Crippen MR) is 331 cm³/mol. The Morgan fingerprint density at radius 1 is 0.709 bits per heavy atom. The third-order valence-corrected chi connectivity index (χ3v) is 16.8. The third-order valence-electron chi connectivity index (χ3n) is 16.8. The summed E-state index contributed by atoms with van der Waals surface area (Å²) >= 11 is 0. The number of nitrogens with one attached hydrogen (secondary N) is 1. The Morgan fingerprint density at radius 2 is 1.23 bits per heavy atom. The number of aromatic amines is 1. The number of hydrogen-bond acceptors (Lipinski definition) is 19. The maximum Gasteiger partial charge on any atom is 0.318 e. The summed E-state index contributed by atoms with van der Waals surface area (Å²) in [7, 11) is 8.05. The van der Waals surface area contributed by atoms with Gasteiger partial charge in [0.2, 0.25) is 11.8 Å². The first-order valence-electron chi connectivity index (χ1n) is 30.1. The molecule has 454 valence electrons. The van der Waals surface area contributed by atoms with E-state index < -0.39 is 0 Å². The van der Waals surface area contributed by atoms with Crippen LogP contribution in [0.4, 0.5) is 23.0 Å². The van der Waals surface area contributed by atoms with E-state index in [0.29, 0.717) is 64.4 Å². The number of hydrogen-bond donors (Lipinski definition) is 1. The average Bonchev–Trinajstić information content (AvgIpc) is 2.58. The highest BCUT2D eigenvalue weighted by molar-refractivity contribution is 5.95. The van der Waals surface area contributed by atoms with Gasteiger partial charge in [0.25, 0.3) is 0 Å². The summed E-state index contributed by atoms with van der Waals surface area (Å²) in [4.78, 5) is 61.7. The molecule has 3 unspecified atom stereocenters. The van der Waals surface area contributed by atoms with Gasteiger partial charge < -0.3 is 53.4 Å². The number of benzene rings is 2. The molecule has 0 spiro atoms. The molecule has 3 saturated heterocycles. The monoisotopic (exact) mass is 1170 g/mol. The Kier molecular flexibility index (Phi) is 19.0. The molecule has 86 heavy (non-hydrogen) atoms. The number of piperazine rings is 2. The van der Waals surface area contributed by atoms with Crippen molar-refractivity contribution in [3.63, 3.8) is 0 Å². The minimum atomic E-state index is -0.253. The van der Waals surface area contributed by atoms with Crippen molar-refractivity contribution in [3.8, 4) is 24.2 Å². The van der Waals surface area contributed by atoms with Crippen molar-refractivity contribution in [1.82, 2.24) is 59.5 Å². The standard InChI is InChI=1S/C34H45N9O3.C29H37N9O2/c1-6-30(44)42-17-16-41(21-25(42)12-14-35)33-26-13-15-40(22-28(26)37-34(38-33)46-24(3)20-39(4)5)32-23(2)10-11-29-27(32)19-36-43(29)31-9-7-8-18-45-31;1-6-26(39)38-14-13-37(17-21(38)9-11-30)28-22-10-12-36(27-19(2)7-8-24-23(27)15-31-34-24)18-25(22)32-29(33-28)40-20(3)16-35(4)5/h6,10-11,19,24-25,31H,1,7-9,12-13,15-18,20-22H2,2-5H3;6-8,15,20-21H,1,9-10,12-14,16-18H2,2-5H3,(H,31,34)/t24-,25?,31?;20-,21?/m11/s1. The fourth-order valence-corrected chi connectivity index (χ4v) is 13.0. The molecule has 5 atom stereocenters. The van der Waals surface area contributed by atoms with Crippen LogP contribution in [0, 0.1) is 36.5 Å². The number of aryl methyl sites for hydroxylation is 2. The molecule has 0 saturated carbocycles. The SMILES string of the molecule is C=CC(=O)N1CCN(c2nc(O[C@H](C)CN(C)C)nc3c2CCN(c2c(C)ccc4[nH]ncc24)C3)CC1CC#N.C=CC(=O)N1CCN(c2nc(O[C@H](C)CN(C)C)nc3c2CCN(c2c(C)ccc4c2cnn4C2CCCCO2)C3)CC1CC#N. The van der Waals surface area contributed by atoms with E-state index in [4.69, 9.17) is 39.2 Å². The first-order chi connectivity index (χ1) is 41.5. The number of carbonyl (C=O) groups excluding carboxylic acids is 2. The molecule has 11 rings (SSSR count). The van der Waals surface area contributed by atoms with E-state index in [-0.39, 0.29) is 55.2 Å². The molecule has 23 heteroatoms. The summed E-state index contributed by atoms with van der Waals surface area (Å²) in [6, 6.07) is 13.2. The van der Waals surface area contributed by atoms with Crippen molar-refractivity contribution in [2.45, 2.75) is 116 Å². The highest BCUT2D eigenvalue weighted by atomic mass is 16.5. The van der Waals surface area contributed by atoms with E-state index >= 15 is 0 Å². The number of nitrogens with zero attached hydrogens (tertiary/aromatic N) is 17. The van der Waals surface area contributed by atoms with Crippen molar-refractivity contribution in [2.24, 2.45) is 0 Å². The molecule has 5 aliphatic rings. The maximum absolute atomic E-state index is 12.6. The van der Waals surface area contributed by atoms with Gasteiger partial charge in [-0.25, -0.2) is 4.68 Å². The Balaban J connectivity index is 0.000000193. The minimum Gasteiger partial charge on any atom is -0.459 e. The number of fused-ring (bicyclic) bond motifs is 4. The number of aromatic nitrogens is 8. The van der Waals surface area contributed by atoms with Gasteiger partial charge in [-0.1, -0.05) is 25.3 Å². The smallest absolute Gasteiger partial charge is 0.318 e. The number of H-pyrrole nitrogens is 1. The summed E-state index contributed by atoms with van der Waals surface area (Å²) < 4.78 is 20.7. The summed E-state index contributed by atoms with van der Waals surface area (Å²) in [6.07, 6.45) is 11.5. The van der Waals surface area contributed by atoms with Crippen LogP contribution in [0.15, 0.2) is 62.0 Å². The van der Waals surface area contributed by atoms with Crippen LogP contribution in [0.5, 0.6) is 12.0 Å². The van der Waals surface area contributed by atoms with E-state index in [1.165, 1.54) is 29.0 Å². The van der Waals surface area contributed by atoms with Crippen LogP contribution >= 0.6 is 0 Å². The lowest BCUT2D eigenvalue weighted by molar-refractivity contribution is -0.129. The van der Waals surface area contributed by atoms with Gasteiger partial charge in [0.1, 0.15) is 23.8 Å². The quantitative estimate of drug-likeness (QED) is 0.0959. The van der Waals surface area contributed by atoms with Gasteiger partial charge in [0.15, 0.2) is 6.23 Å². The number of nitriles is 2. The molecule has 3 fully saturated rings. The first-order valence-corrected chi connectivity index (χ1v) is 30.1. The molecular weight excluding hydrogens is 1090 g/mol. The van der Waals surface area contributed by atoms with Crippen LogP contribution < -0.4 is 29.1 Å². The first kappa shape index (κ1) is 60.7. The van der Waals surface area contributed by atoms with Gasteiger partial charge in [-0.3, -0.25) is 14.7 Å². The van der Waals surface area contributed by atoms with E-state index in [1.54, 1.807) is 9.80 Å². The maximum atomic E-state index is 12.6. The molecule has 2 aromatic carbocycles. The average molecular weight is 1170 g/mol. The minimum absolute atomic E-state index is 0.0323. The molecule has 2 amide bonds. The summed E-state index contributed by atoms with van der Waals surface area (Å²) in [5, 5.41) is 33.4. The predicted octanol–water partition coefficient (Wildman–Crippen LogP) is 6.51. The molecule has 9 heterocycles. The van der Waals surface area contributed by atoms with Crippen LogP contribution in [0.25, 0.3) is 21.8 Å². The van der Waals surface area contributed by atoms with Crippen LogP contribution in [0.3, 0.4) is 0 Å².